The van der Waals surface area contributed by atoms with Crippen molar-refractivity contribution < 1.29 is 4.39 Å². The van der Waals surface area contributed by atoms with E-state index >= 15 is 0 Å². The van der Waals surface area contributed by atoms with Gasteiger partial charge in [-0.05, 0) is 43.0 Å². The largest absolute Gasteiger partial charge is 0.310 e. The molecular formula is C19H32FN. The van der Waals surface area contributed by atoms with Crippen LogP contribution in [0.4, 0.5) is 4.39 Å². The first kappa shape index (κ1) is 18.2. The Kier molecular flexibility index (Phi) is 9.32. The number of hydrogen-bond acceptors (Lipinski definition) is 1. The molecule has 0 radical (unpaired) electrons. The molecule has 120 valence electrons. The molecule has 0 saturated heterocycles. The second kappa shape index (κ2) is 10.8. The van der Waals surface area contributed by atoms with Crippen molar-refractivity contribution in [1.82, 2.24) is 5.32 Å². The lowest BCUT2D eigenvalue weighted by Crippen LogP contribution is -2.27. The zero-order valence-electron chi connectivity index (χ0n) is 14.0. The summed E-state index contributed by atoms with van der Waals surface area (Å²) in [7, 11) is 0. The minimum absolute atomic E-state index is 0.151. The normalized spacial score (nSPS) is 14.1. The molecule has 0 bridgehead atoms. The molecule has 1 rings (SSSR count). The highest BCUT2D eigenvalue weighted by Crippen LogP contribution is 2.21. The number of hydrogen-bond donors (Lipinski definition) is 1. The van der Waals surface area contributed by atoms with Crippen LogP contribution in [0.25, 0.3) is 0 Å². The van der Waals surface area contributed by atoms with Crippen LogP contribution in [0.2, 0.25) is 0 Å². The molecule has 0 fully saturated rings. The number of nitrogens with one attached hydrogen (secondary N) is 1. The van der Waals surface area contributed by atoms with Crippen LogP contribution >= 0.6 is 0 Å². The fourth-order valence-corrected chi connectivity index (χ4v) is 2.74. The van der Waals surface area contributed by atoms with Crippen molar-refractivity contribution in [3.05, 3.63) is 35.6 Å². The van der Waals surface area contributed by atoms with Gasteiger partial charge in [0.2, 0.25) is 0 Å². The lowest BCUT2D eigenvalue weighted by atomic mass is 9.96. The molecule has 0 spiro atoms. The summed E-state index contributed by atoms with van der Waals surface area (Å²) >= 11 is 0. The maximum Gasteiger partial charge on any atom is 0.123 e. The molecule has 1 nitrogen and oxygen atoms in total. The molecule has 0 heterocycles. The van der Waals surface area contributed by atoms with E-state index in [-0.39, 0.29) is 5.82 Å². The van der Waals surface area contributed by atoms with Crippen molar-refractivity contribution in [2.45, 2.75) is 71.8 Å². The number of benzene rings is 1. The zero-order valence-corrected chi connectivity index (χ0v) is 14.0. The SMILES string of the molecule is CCCCC(CC)CNC(CCCC)c1ccc(F)cc1. The zero-order chi connectivity index (χ0) is 15.5. The summed E-state index contributed by atoms with van der Waals surface area (Å²) in [6.07, 6.45) is 8.67. The number of rotatable bonds is 11. The van der Waals surface area contributed by atoms with Gasteiger partial charge in [-0.15, -0.1) is 0 Å². The van der Waals surface area contributed by atoms with Gasteiger partial charge >= 0.3 is 0 Å². The van der Waals surface area contributed by atoms with E-state index in [1.807, 2.05) is 12.1 Å². The standard InChI is InChI=1S/C19H32FN/c1-4-7-9-16(6-3)15-21-19(10-8-5-2)17-11-13-18(20)14-12-17/h11-14,16,19,21H,4-10,15H2,1-3H3. The summed E-state index contributed by atoms with van der Waals surface area (Å²) in [5.41, 5.74) is 1.22. The highest BCUT2D eigenvalue weighted by atomic mass is 19.1. The van der Waals surface area contributed by atoms with E-state index in [1.165, 1.54) is 44.1 Å². The predicted molar refractivity (Wildman–Crippen MR) is 90.0 cm³/mol. The van der Waals surface area contributed by atoms with Gasteiger partial charge in [0.25, 0.3) is 0 Å². The van der Waals surface area contributed by atoms with Crippen LogP contribution in [0, 0.1) is 11.7 Å². The first-order valence-corrected chi connectivity index (χ1v) is 8.70. The fraction of sp³-hybridized carbons (Fsp3) is 0.684. The first-order valence-electron chi connectivity index (χ1n) is 8.70. The maximum absolute atomic E-state index is 13.1. The minimum atomic E-state index is -0.151. The number of halogens is 1. The average molecular weight is 293 g/mol. The third-order valence-corrected chi connectivity index (χ3v) is 4.31. The molecule has 21 heavy (non-hydrogen) atoms. The van der Waals surface area contributed by atoms with E-state index in [9.17, 15) is 4.39 Å². The second-order valence-corrected chi connectivity index (χ2v) is 6.07. The van der Waals surface area contributed by atoms with Gasteiger partial charge in [-0.25, -0.2) is 4.39 Å². The third kappa shape index (κ3) is 7.08. The van der Waals surface area contributed by atoms with Crippen LogP contribution in [-0.4, -0.2) is 6.54 Å². The maximum atomic E-state index is 13.1. The summed E-state index contributed by atoms with van der Waals surface area (Å²) in [6, 6.07) is 7.36. The van der Waals surface area contributed by atoms with Crippen molar-refractivity contribution >= 4 is 0 Å². The van der Waals surface area contributed by atoms with Crippen molar-refractivity contribution in [2.24, 2.45) is 5.92 Å². The van der Waals surface area contributed by atoms with Crippen LogP contribution < -0.4 is 5.32 Å². The lowest BCUT2D eigenvalue weighted by Gasteiger charge is -2.23. The number of unbranched alkanes of at least 4 members (excludes halogenated alkanes) is 2. The van der Waals surface area contributed by atoms with Crippen molar-refractivity contribution in [2.75, 3.05) is 6.54 Å². The van der Waals surface area contributed by atoms with E-state index in [4.69, 9.17) is 0 Å². The predicted octanol–water partition coefficient (Wildman–Crippen LogP) is 5.86. The van der Waals surface area contributed by atoms with Gasteiger partial charge in [0, 0.05) is 6.04 Å². The molecule has 2 heteroatoms. The van der Waals surface area contributed by atoms with Gasteiger partial charge in [-0.3, -0.25) is 0 Å². The average Bonchev–Trinajstić information content (AvgIpc) is 2.51. The Morgan fingerprint density at radius 3 is 2.14 bits per heavy atom. The smallest absolute Gasteiger partial charge is 0.123 e. The Morgan fingerprint density at radius 2 is 1.57 bits per heavy atom. The lowest BCUT2D eigenvalue weighted by molar-refractivity contribution is 0.377. The summed E-state index contributed by atoms with van der Waals surface area (Å²) < 4.78 is 13.1. The highest BCUT2D eigenvalue weighted by Gasteiger charge is 2.13. The van der Waals surface area contributed by atoms with Gasteiger partial charge in [-0.2, -0.15) is 0 Å². The van der Waals surface area contributed by atoms with Gasteiger partial charge in [-0.1, -0.05) is 65.0 Å². The van der Waals surface area contributed by atoms with Gasteiger partial charge < -0.3 is 5.32 Å². The molecule has 0 saturated carbocycles. The summed E-state index contributed by atoms with van der Waals surface area (Å²) in [4.78, 5) is 0. The molecule has 0 aliphatic rings. The highest BCUT2D eigenvalue weighted by molar-refractivity contribution is 5.19. The molecule has 0 aliphatic carbocycles. The molecule has 2 atom stereocenters. The van der Waals surface area contributed by atoms with E-state index < -0.39 is 0 Å². The Bertz CT molecular complexity index is 360. The minimum Gasteiger partial charge on any atom is -0.310 e. The third-order valence-electron chi connectivity index (χ3n) is 4.31. The molecule has 0 amide bonds. The Balaban J connectivity index is 2.58. The fourth-order valence-electron chi connectivity index (χ4n) is 2.74. The molecule has 2 unspecified atom stereocenters. The molecule has 1 N–H and O–H groups in total. The summed E-state index contributed by atoms with van der Waals surface area (Å²) in [5.74, 6) is 0.608. The molecule has 0 aromatic heterocycles. The van der Waals surface area contributed by atoms with Gasteiger partial charge in [0.05, 0.1) is 0 Å². The van der Waals surface area contributed by atoms with E-state index in [0.29, 0.717) is 6.04 Å². The van der Waals surface area contributed by atoms with Crippen LogP contribution in [-0.2, 0) is 0 Å². The molecular weight excluding hydrogens is 261 g/mol. The molecule has 1 aromatic carbocycles. The van der Waals surface area contributed by atoms with Gasteiger partial charge in [0.15, 0.2) is 0 Å². The van der Waals surface area contributed by atoms with Crippen LogP contribution in [0.1, 0.15) is 77.3 Å². The molecule has 1 aromatic rings. The summed E-state index contributed by atoms with van der Waals surface area (Å²) in [5, 5.41) is 3.73. The Hall–Kier alpha value is -0.890. The van der Waals surface area contributed by atoms with E-state index in [0.717, 1.165) is 18.9 Å². The quantitative estimate of drug-likeness (QED) is 0.538. The van der Waals surface area contributed by atoms with E-state index in [1.54, 1.807) is 12.1 Å². The van der Waals surface area contributed by atoms with E-state index in [2.05, 4.69) is 26.1 Å². The van der Waals surface area contributed by atoms with Crippen LogP contribution in [0.15, 0.2) is 24.3 Å². The van der Waals surface area contributed by atoms with Crippen molar-refractivity contribution in [3.8, 4) is 0 Å². The Morgan fingerprint density at radius 1 is 0.952 bits per heavy atom. The van der Waals surface area contributed by atoms with Crippen molar-refractivity contribution in [1.29, 1.82) is 0 Å². The van der Waals surface area contributed by atoms with Gasteiger partial charge in [0.1, 0.15) is 5.82 Å². The van der Waals surface area contributed by atoms with Crippen LogP contribution in [0.5, 0.6) is 0 Å². The topological polar surface area (TPSA) is 12.0 Å². The Labute approximate surface area is 130 Å². The first-order chi connectivity index (χ1) is 10.2. The second-order valence-electron chi connectivity index (χ2n) is 6.07. The monoisotopic (exact) mass is 293 g/mol. The summed E-state index contributed by atoms with van der Waals surface area (Å²) in [6.45, 7) is 7.82. The van der Waals surface area contributed by atoms with Crippen LogP contribution in [0.3, 0.4) is 0 Å². The van der Waals surface area contributed by atoms with Crippen molar-refractivity contribution in [3.63, 3.8) is 0 Å². The molecule has 0 aliphatic heterocycles.